The molecule has 0 bridgehead atoms. The molecule has 0 spiro atoms. The summed E-state index contributed by atoms with van der Waals surface area (Å²) in [5.41, 5.74) is 3.70. The van der Waals surface area contributed by atoms with Gasteiger partial charge in [-0.2, -0.15) is 0 Å². The van der Waals surface area contributed by atoms with Gasteiger partial charge < -0.3 is 0 Å². The Morgan fingerprint density at radius 2 is 1.88 bits per heavy atom. The number of nitrogens with zero attached hydrogens (tertiary/aromatic N) is 1. The third-order valence-corrected chi connectivity index (χ3v) is 3.76. The molecule has 0 aliphatic carbocycles. The van der Waals surface area contributed by atoms with E-state index in [0.29, 0.717) is 0 Å². The van der Waals surface area contributed by atoms with Gasteiger partial charge in [-0.3, -0.25) is 4.98 Å². The number of hydrogen-bond donors (Lipinski definition) is 0. The lowest BCUT2D eigenvalue weighted by atomic mass is 10.1. The fraction of sp³-hybridized carbons (Fsp3) is 0.0714. The number of rotatable bonds is 1. The van der Waals surface area contributed by atoms with E-state index in [9.17, 15) is 0 Å². The largest absolute Gasteiger partial charge is 0.257 e. The summed E-state index contributed by atoms with van der Waals surface area (Å²) in [6.45, 7) is 0. The van der Waals surface area contributed by atoms with Gasteiger partial charge in [-0.1, -0.05) is 24.3 Å². The number of fused-ring (bicyclic) bond motifs is 1. The number of hydrogen-bond acceptors (Lipinski definition) is 2. The summed E-state index contributed by atoms with van der Waals surface area (Å²) in [4.78, 5) is 5.76. The van der Waals surface area contributed by atoms with Crippen LogP contribution in [0.3, 0.4) is 0 Å². The molecule has 0 N–H and O–H groups in total. The van der Waals surface area contributed by atoms with Crippen molar-refractivity contribution in [3.05, 3.63) is 59.9 Å². The van der Waals surface area contributed by atoms with Crippen molar-refractivity contribution >= 4 is 23.4 Å². The maximum Gasteiger partial charge on any atom is 0.0670 e. The molecule has 0 saturated carbocycles. The summed E-state index contributed by atoms with van der Waals surface area (Å²) >= 11 is 1.88. The van der Waals surface area contributed by atoms with Crippen molar-refractivity contribution in [1.82, 2.24) is 4.98 Å². The Hall–Kier alpha value is -1.54. The van der Waals surface area contributed by atoms with Gasteiger partial charge in [0.15, 0.2) is 0 Å². The summed E-state index contributed by atoms with van der Waals surface area (Å²) in [7, 11) is 0. The van der Waals surface area contributed by atoms with Crippen LogP contribution in [0.2, 0.25) is 0 Å². The zero-order valence-electron chi connectivity index (χ0n) is 8.76. The van der Waals surface area contributed by atoms with Gasteiger partial charge in [0.1, 0.15) is 0 Å². The third kappa shape index (κ3) is 1.76. The Morgan fingerprint density at radius 1 is 1.00 bits per heavy atom. The highest BCUT2D eigenvalue weighted by molar-refractivity contribution is 7.99. The topological polar surface area (TPSA) is 12.9 Å². The lowest BCUT2D eigenvalue weighted by molar-refractivity contribution is 1.27. The molecule has 2 heterocycles. The van der Waals surface area contributed by atoms with Crippen LogP contribution in [-0.4, -0.2) is 10.7 Å². The van der Waals surface area contributed by atoms with E-state index in [1.54, 1.807) is 0 Å². The quantitative estimate of drug-likeness (QED) is 0.733. The van der Waals surface area contributed by atoms with Crippen molar-refractivity contribution < 1.29 is 0 Å². The zero-order chi connectivity index (χ0) is 10.8. The molecule has 0 radical (unpaired) electrons. The Bertz CT molecular complexity index is 531. The van der Waals surface area contributed by atoms with Crippen molar-refractivity contribution in [2.24, 2.45) is 0 Å². The summed E-state index contributed by atoms with van der Waals surface area (Å²) in [5, 5.41) is 0. The summed E-state index contributed by atoms with van der Waals surface area (Å²) in [6.07, 6.45) is 4.09. The lowest BCUT2D eigenvalue weighted by Crippen LogP contribution is -1.96. The number of aromatic nitrogens is 1. The molecule has 3 rings (SSSR count). The molecule has 1 aliphatic rings. The molecule has 0 saturated heterocycles. The molecular weight excluding hydrogens is 214 g/mol. The molecule has 0 atom stereocenters. The molecular formula is C14H11NS. The van der Waals surface area contributed by atoms with Gasteiger partial charge in [-0.15, -0.1) is 11.8 Å². The first-order valence-electron chi connectivity index (χ1n) is 5.27. The van der Waals surface area contributed by atoms with Crippen LogP contribution in [0.5, 0.6) is 0 Å². The molecule has 0 unspecified atom stereocenters. The zero-order valence-corrected chi connectivity index (χ0v) is 9.58. The summed E-state index contributed by atoms with van der Waals surface area (Å²) in [6, 6.07) is 14.6. The van der Waals surface area contributed by atoms with Gasteiger partial charge in [0.2, 0.25) is 0 Å². The van der Waals surface area contributed by atoms with Gasteiger partial charge in [0, 0.05) is 16.8 Å². The van der Waals surface area contributed by atoms with Crippen LogP contribution < -0.4 is 0 Å². The summed E-state index contributed by atoms with van der Waals surface area (Å²) < 4.78 is 0. The number of pyridine rings is 1. The predicted molar refractivity (Wildman–Crippen MR) is 69.3 cm³/mol. The standard InChI is InChI=1S/C14H11NS/c1-2-7-14-11(5-1)9-12(10-16-14)13-6-3-4-8-15-13/h1-9H,10H2. The fourth-order valence-corrected chi connectivity index (χ4v) is 2.83. The molecule has 1 aromatic carbocycles. The number of thioether (sulfide) groups is 1. The van der Waals surface area contributed by atoms with E-state index in [1.807, 2.05) is 30.1 Å². The Kier molecular flexibility index (Phi) is 2.50. The fourth-order valence-electron chi connectivity index (χ4n) is 1.82. The second-order valence-corrected chi connectivity index (χ2v) is 4.73. The van der Waals surface area contributed by atoms with Crippen molar-refractivity contribution in [1.29, 1.82) is 0 Å². The molecule has 1 aromatic heterocycles. The minimum absolute atomic E-state index is 1.01. The van der Waals surface area contributed by atoms with E-state index < -0.39 is 0 Å². The Morgan fingerprint density at radius 3 is 2.75 bits per heavy atom. The average molecular weight is 225 g/mol. The molecule has 0 amide bonds. The van der Waals surface area contributed by atoms with Crippen molar-refractivity contribution in [2.75, 3.05) is 5.75 Å². The van der Waals surface area contributed by atoms with E-state index in [2.05, 4.69) is 41.4 Å². The van der Waals surface area contributed by atoms with E-state index in [4.69, 9.17) is 0 Å². The molecule has 2 heteroatoms. The minimum Gasteiger partial charge on any atom is -0.257 e. The normalized spacial score (nSPS) is 14.1. The molecule has 1 nitrogen and oxygen atoms in total. The first kappa shape index (κ1) is 9.67. The van der Waals surface area contributed by atoms with Crippen molar-refractivity contribution in [3.8, 4) is 0 Å². The first-order valence-corrected chi connectivity index (χ1v) is 6.26. The van der Waals surface area contributed by atoms with Crippen LogP contribution in [0.25, 0.3) is 11.6 Å². The van der Waals surface area contributed by atoms with Crippen molar-refractivity contribution in [2.45, 2.75) is 4.90 Å². The van der Waals surface area contributed by atoms with Gasteiger partial charge in [-0.05, 0) is 35.4 Å². The van der Waals surface area contributed by atoms with Gasteiger partial charge in [0.05, 0.1) is 5.69 Å². The van der Waals surface area contributed by atoms with Crippen LogP contribution in [0.1, 0.15) is 11.3 Å². The van der Waals surface area contributed by atoms with Gasteiger partial charge in [-0.25, -0.2) is 0 Å². The van der Waals surface area contributed by atoms with E-state index in [0.717, 1.165) is 11.4 Å². The molecule has 1 aliphatic heterocycles. The first-order chi connectivity index (χ1) is 7.93. The van der Waals surface area contributed by atoms with Crippen LogP contribution in [-0.2, 0) is 0 Å². The lowest BCUT2D eigenvalue weighted by Gasteiger charge is -2.15. The molecule has 16 heavy (non-hydrogen) atoms. The van der Waals surface area contributed by atoms with E-state index >= 15 is 0 Å². The smallest absolute Gasteiger partial charge is 0.0670 e. The minimum atomic E-state index is 1.01. The van der Waals surface area contributed by atoms with Crippen LogP contribution in [0.15, 0.2) is 53.6 Å². The van der Waals surface area contributed by atoms with Gasteiger partial charge >= 0.3 is 0 Å². The Labute approximate surface area is 99.2 Å². The monoisotopic (exact) mass is 225 g/mol. The van der Waals surface area contributed by atoms with Crippen LogP contribution >= 0.6 is 11.8 Å². The maximum absolute atomic E-state index is 4.39. The van der Waals surface area contributed by atoms with E-state index in [1.165, 1.54) is 16.0 Å². The molecule has 2 aromatic rings. The second-order valence-electron chi connectivity index (χ2n) is 3.71. The summed E-state index contributed by atoms with van der Waals surface area (Å²) in [5.74, 6) is 1.01. The van der Waals surface area contributed by atoms with Crippen LogP contribution in [0, 0.1) is 0 Å². The highest BCUT2D eigenvalue weighted by atomic mass is 32.2. The van der Waals surface area contributed by atoms with E-state index in [-0.39, 0.29) is 0 Å². The molecule has 0 fully saturated rings. The SMILES string of the molecule is C1=C(c2ccccn2)CSc2ccccc21. The van der Waals surface area contributed by atoms with Crippen molar-refractivity contribution in [3.63, 3.8) is 0 Å². The third-order valence-electron chi connectivity index (χ3n) is 2.63. The second kappa shape index (κ2) is 4.14. The highest BCUT2D eigenvalue weighted by Gasteiger charge is 2.11. The maximum atomic E-state index is 4.39. The Balaban J connectivity index is 2.04. The van der Waals surface area contributed by atoms with Gasteiger partial charge in [0.25, 0.3) is 0 Å². The highest BCUT2D eigenvalue weighted by Crippen LogP contribution is 2.34. The predicted octanol–water partition coefficient (Wildman–Crippen LogP) is 3.73. The molecule has 78 valence electrons. The number of benzene rings is 1. The van der Waals surface area contributed by atoms with Crippen LogP contribution in [0.4, 0.5) is 0 Å². The average Bonchev–Trinajstić information content (AvgIpc) is 2.39.